The van der Waals surface area contributed by atoms with Crippen LogP contribution in [0.1, 0.15) is 12.5 Å². The summed E-state index contributed by atoms with van der Waals surface area (Å²) in [5, 5.41) is 20.5. The number of para-hydroxylation sites is 1. The van der Waals surface area contributed by atoms with Crippen molar-refractivity contribution >= 4 is 11.7 Å². The van der Waals surface area contributed by atoms with Gasteiger partial charge >= 0.3 is 5.97 Å². The molecule has 4 nitrogen and oxygen atoms in total. The van der Waals surface area contributed by atoms with E-state index in [1.165, 1.54) is 0 Å². The highest BCUT2D eigenvalue weighted by atomic mass is 16.4. The molecule has 0 aliphatic rings. The number of aliphatic hydroxyl groups is 1. The zero-order valence-electron chi connectivity index (χ0n) is 7.90. The van der Waals surface area contributed by atoms with Gasteiger partial charge in [-0.3, -0.25) is 4.79 Å². The van der Waals surface area contributed by atoms with E-state index in [4.69, 9.17) is 10.2 Å². The molecule has 1 unspecified atom stereocenters. The molecule has 0 heterocycles. The Bertz CT molecular complexity index is 325. The van der Waals surface area contributed by atoms with Crippen molar-refractivity contribution in [1.82, 2.24) is 0 Å². The molecule has 0 aliphatic heterocycles. The Morgan fingerprint density at radius 2 is 2.14 bits per heavy atom. The lowest BCUT2D eigenvalue weighted by atomic mass is 10.1. The van der Waals surface area contributed by atoms with Gasteiger partial charge in [0.25, 0.3) is 0 Å². The molecule has 76 valence electrons. The molecule has 0 fully saturated rings. The van der Waals surface area contributed by atoms with Gasteiger partial charge in [0, 0.05) is 11.3 Å². The number of anilines is 1. The smallest absolute Gasteiger partial charge is 0.325 e. The average molecular weight is 195 g/mol. The normalized spacial score (nSPS) is 12.1. The van der Waals surface area contributed by atoms with Crippen molar-refractivity contribution in [3.63, 3.8) is 0 Å². The Balaban J connectivity index is 2.80. The van der Waals surface area contributed by atoms with Crippen molar-refractivity contribution in [2.75, 3.05) is 5.32 Å². The van der Waals surface area contributed by atoms with Crippen molar-refractivity contribution in [2.45, 2.75) is 19.6 Å². The Labute approximate surface area is 82.2 Å². The molecular formula is C10H13NO3. The van der Waals surface area contributed by atoms with Gasteiger partial charge in [0.05, 0.1) is 6.61 Å². The topological polar surface area (TPSA) is 69.6 Å². The van der Waals surface area contributed by atoms with Crippen LogP contribution < -0.4 is 5.32 Å². The molecule has 0 spiro atoms. The fraction of sp³-hybridized carbons (Fsp3) is 0.300. The number of nitrogens with one attached hydrogen (secondary N) is 1. The lowest BCUT2D eigenvalue weighted by Crippen LogP contribution is -2.25. The molecule has 1 aromatic carbocycles. The summed E-state index contributed by atoms with van der Waals surface area (Å²) in [6.07, 6.45) is 0. The van der Waals surface area contributed by atoms with E-state index in [-0.39, 0.29) is 6.61 Å². The van der Waals surface area contributed by atoms with Crippen molar-refractivity contribution in [2.24, 2.45) is 0 Å². The van der Waals surface area contributed by atoms with Crippen LogP contribution in [0.4, 0.5) is 5.69 Å². The molecule has 0 bridgehead atoms. The Kier molecular flexibility index (Phi) is 3.48. The Hall–Kier alpha value is -1.55. The van der Waals surface area contributed by atoms with Crippen LogP contribution in [0.25, 0.3) is 0 Å². The molecule has 0 saturated carbocycles. The molecule has 1 aromatic rings. The van der Waals surface area contributed by atoms with Crippen LogP contribution in [0, 0.1) is 0 Å². The number of carboxylic acids is 1. The summed E-state index contributed by atoms with van der Waals surface area (Å²) in [4.78, 5) is 10.6. The number of carboxylic acid groups (broad SMARTS) is 1. The average Bonchev–Trinajstić information content (AvgIpc) is 2.18. The highest BCUT2D eigenvalue weighted by Crippen LogP contribution is 2.15. The minimum Gasteiger partial charge on any atom is -0.480 e. The van der Waals surface area contributed by atoms with Gasteiger partial charge in [-0.15, -0.1) is 0 Å². The fourth-order valence-electron chi connectivity index (χ4n) is 1.09. The maximum atomic E-state index is 10.6. The van der Waals surface area contributed by atoms with Crippen molar-refractivity contribution < 1.29 is 15.0 Å². The quantitative estimate of drug-likeness (QED) is 0.672. The number of aliphatic hydroxyl groups excluding tert-OH is 1. The molecule has 0 aromatic heterocycles. The van der Waals surface area contributed by atoms with Gasteiger partial charge in [-0.2, -0.15) is 0 Å². The van der Waals surface area contributed by atoms with E-state index in [1.807, 2.05) is 0 Å². The molecule has 1 rings (SSSR count). The number of carbonyl (C=O) groups is 1. The molecule has 4 heteroatoms. The van der Waals surface area contributed by atoms with E-state index in [9.17, 15) is 4.79 Å². The minimum absolute atomic E-state index is 0.102. The van der Waals surface area contributed by atoms with E-state index in [0.717, 1.165) is 0 Å². The first-order chi connectivity index (χ1) is 6.65. The predicted octanol–water partition coefficient (Wildman–Crippen LogP) is 1.06. The highest BCUT2D eigenvalue weighted by molar-refractivity contribution is 5.77. The molecule has 0 radical (unpaired) electrons. The number of aliphatic carboxylic acids is 1. The van der Waals surface area contributed by atoms with E-state index in [1.54, 1.807) is 31.2 Å². The van der Waals surface area contributed by atoms with Gasteiger partial charge in [0.15, 0.2) is 0 Å². The summed E-state index contributed by atoms with van der Waals surface area (Å²) in [6.45, 7) is 1.45. The molecule has 1 atom stereocenters. The minimum atomic E-state index is -0.919. The molecule has 0 saturated heterocycles. The van der Waals surface area contributed by atoms with Crippen molar-refractivity contribution in [3.8, 4) is 0 Å². The molecule has 0 aliphatic carbocycles. The maximum absolute atomic E-state index is 10.6. The van der Waals surface area contributed by atoms with Gasteiger partial charge in [-0.1, -0.05) is 18.2 Å². The number of hydrogen-bond donors (Lipinski definition) is 3. The van der Waals surface area contributed by atoms with Gasteiger partial charge < -0.3 is 15.5 Å². The van der Waals surface area contributed by atoms with E-state index < -0.39 is 12.0 Å². The first-order valence-corrected chi connectivity index (χ1v) is 4.33. The molecule has 3 N–H and O–H groups in total. The summed E-state index contributed by atoms with van der Waals surface area (Å²) >= 11 is 0. The third kappa shape index (κ3) is 2.47. The second-order valence-corrected chi connectivity index (χ2v) is 3.02. The Morgan fingerprint density at radius 1 is 1.50 bits per heavy atom. The van der Waals surface area contributed by atoms with Gasteiger partial charge in [0.2, 0.25) is 0 Å². The highest BCUT2D eigenvalue weighted by Gasteiger charge is 2.11. The van der Waals surface area contributed by atoms with Crippen LogP contribution in [0.5, 0.6) is 0 Å². The summed E-state index contributed by atoms with van der Waals surface area (Å²) in [5.41, 5.74) is 1.35. The van der Waals surface area contributed by atoms with Crippen LogP contribution in [-0.4, -0.2) is 22.2 Å². The van der Waals surface area contributed by atoms with E-state index in [0.29, 0.717) is 11.3 Å². The summed E-state index contributed by atoms with van der Waals surface area (Å²) < 4.78 is 0. The lowest BCUT2D eigenvalue weighted by molar-refractivity contribution is -0.137. The largest absolute Gasteiger partial charge is 0.480 e. The van der Waals surface area contributed by atoms with E-state index >= 15 is 0 Å². The summed E-state index contributed by atoms with van der Waals surface area (Å²) in [7, 11) is 0. The van der Waals surface area contributed by atoms with Crippen molar-refractivity contribution in [3.05, 3.63) is 29.8 Å². The van der Waals surface area contributed by atoms with Crippen LogP contribution in [0.3, 0.4) is 0 Å². The van der Waals surface area contributed by atoms with Gasteiger partial charge in [-0.05, 0) is 13.0 Å². The summed E-state index contributed by atoms with van der Waals surface area (Å²) in [6, 6.07) is 6.41. The molecule has 14 heavy (non-hydrogen) atoms. The predicted molar refractivity (Wildman–Crippen MR) is 53.1 cm³/mol. The van der Waals surface area contributed by atoms with Gasteiger partial charge in [-0.25, -0.2) is 0 Å². The zero-order valence-corrected chi connectivity index (χ0v) is 7.90. The summed E-state index contributed by atoms with van der Waals surface area (Å²) in [5.74, 6) is -0.919. The second-order valence-electron chi connectivity index (χ2n) is 3.02. The molecular weight excluding hydrogens is 182 g/mol. The van der Waals surface area contributed by atoms with E-state index in [2.05, 4.69) is 5.32 Å². The van der Waals surface area contributed by atoms with Crippen LogP contribution in [-0.2, 0) is 11.4 Å². The standard InChI is InChI=1S/C10H13NO3/c1-7(10(13)14)11-9-5-3-2-4-8(9)6-12/h2-5,7,11-12H,6H2,1H3,(H,13,14). The first kappa shape index (κ1) is 10.5. The monoisotopic (exact) mass is 195 g/mol. The zero-order chi connectivity index (χ0) is 10.6. The third-order valence-corrected chi connectivity index (χ3v) is 1.93. The third-order valence-electron chi connectivity index (χ3n) is 1.93. The van der Waals surface area contributed by atoms with Crippen molar-refractivity contribution in [1.29, 1.82) is 0 Å². The first-order valence-electron chi connectivity index (χ1n) is 4.33. The van der Waals surface area contributed by atoms with Crippen LogP contribution >= 0.6 is 0 Å². The lowest BCUT2D eigenvalue weighted by Gasteiger charge is -2.13. The number of hydrogen-bond acceptors (Lipinski definition) is 3. The SMILES string of the molecule is CC(Nc1ccccc1CO)C(=O)O. The maximum Gasteiger partial charge on any atom is 0.325 e. The number of rotatable bonds is 4. The van der Waals surface area contributed by atoms with Gasteiger partial charge in [0.1, 0.15) is 6.04 Å². The van der Waals surface area contributed by atoms with Crippen LogP contribution in [0.2, 0.25) is 0 Å². The fourth-order valence-corrected chi connectivity index (χ4v) is 1.09. The Morgan fingerprint density at radius 3 is 2.71 bits per heavy atom. The van der Waals surface area contributed by atoms with Crippen LogP contribution in [0.15, 0.2) is 24.3 Å². The molecule has 0 amide bonds. The number of benzene rings is 1. The second kappa shape index (κ2) is 4.62.